The fourth-order valence-corrected chi connectivity index (χ4v) is 1.92. The predicted octanol–water partition coefficient (Wildman–Crippen LogP) is 3.60. The number of benzene rings is 2. The number of hydrogen-bond acceptors (Lipinski definition) is 1. The lowest BCUT2D eigenvalue weighted by Gasteiger charge is -2.17. The fraction of sp³-hybridized carbons (Fsp3) is 0.200. The molecule has 1 nitrogen and oxygen atoms in total. The van der Waals surface area contributed by atoms with Crippen molar-refractivity contribution in [3.8, 4) is 0 Å². The predicted molar refractivity (Wildman–Crippen MR) is 68.0 cm³/mol. The van der Waals surface area contributed by atoms with Gasteiger partial charge in [0.15, 0.2) is 0 Å². The highest BCUT2D eigenvalue weighted by molar-refractivity contribution is 5.18. The van der Waals surface area contributed by atoms with E-state index in [2.05, 4.69) is 0 Å². The number of hydrogen-bond donors (Lipinski definition) is 0. The Kier molecular flexibility index (Phi) is 4.05. The Balaban J connectivity index is 2.01. The van der Waals surface area contributed by atoms with Gasteiger partial charge in [-0.2, -0.15) is 0 Å². The Morgan fingerprint density at radius 2 is 1.72 bits per heavy atom. The van der Waals surface area contributed by atoms with Gasteiger partial charge in [0.05, 0.1) is 0 Å². The van der Waals surface area contributed by atoms with Crippen molar-refractivity contribution in [2.75, 3.05) is 7.05 Å². The summed E-state index contributed by atoms with van der Waals surface area (Å²) in [7, 11) is 1.89. The zero-order valence-electron chi connectivity index (χ0n) is 10.2. The molecule has 3 heteroatoms. The van der Waals surface area contributed by atoms with Crippen LogP contribution < -0.4 is 0 Å². The molecule has 0 aromatic heterocycles. The third kappa shape index (κ3) is 3.37. The van der Waals surface area contributed by atoms with Crippen LogP contribution in [0.1, 0.15) is 11.1 Å². The van der Waals surface area contributed by atoms with E-state index in [0.717, 1.165) is 5.56 Å². The van der Waals surface area contributed by atoms with Crippen molar-refractivity contribution < 1.29 is 8.78 Å². The molecule has 0 unspecified atom stereocenters. The normalized spacial score (nSPS) is 10.9. The van der Waals surface area contributed by atoms with Crippen molar-refractivity contribution in [2.24, 2.45) is 0 Å². The van der Waals surface area contributed by atoms with Gasteiger partial charge in [0.2, 0.25) is 0 Å². The van der Waals surface area contributed by atoms with Gasteiger partial charge in [-0.1, -0.05) is 30.3 Å². The van der Waals surface area contributed by atoms with Gasteiger partial charge in [-0.3, -0.25) is 4.90 Å². The van der Waals surface area contributed by atoms with Crippen LogP contribution in [0, 0.1) is 11.6 Å². The van der Waals surface area contributed by atoms with Gasteiger partial charge >= 0.3 is 0 Å². The molecule has 2 rings (SSSR count). The molecule has 0 spiro atoms. The molecule has 0 N–H and O–H groups in total. The van der Waals surface area contributed by atoms with Crippen LogP contribution in [-0.4, -0.2) is 11.9 Å². The fourth-order valence-electron chi connectivity index (χ4n) is 1.92. The molecule has 0 saturated carbocycles. The smallest absolute Gasteiger partial charge is 0.127 e. The molecule has 0 aliphatic carbocycles. The third-order valence-electron chi connectivity index (χ3n) is 2.74. The molecule has 0 heterocycles. The Morgan fingerprint density at radius 3 is 2.44 bits per heavy atom. The maximum Gasteiger partial charge on any atom is 0.127 e. The van der Waals surface area contributed by atoms with E-state index < -0.39 is 0 Å². The number of halogens is 2. The second-order valence-corrected chi connectivity index (χ2v) is 4.39. The van der Waals surface area contributed by atoms with Crippen molar-refractivity contribution in [1.82, 2.24) is 4.90 Å². The van der Waals surface area contributed by atoms with Crippen molar-refractivity contribution in [2.45, 2.75) is 13.1 Å². The molecule has 0 bridgehead atoms. The average Bonchev–Trinajstić information content (AvgIpc) is 2.32. The summed E-state index contributed by atoms with van der Waals surface area (Å²) in [4.78, 5) is 1.95. The summed E-state index contributed by atoms with van der Waals surface area (Å²) in [6, 6.07) is 13.2. The van der Waals surface area contributed by atoms with Crippen LogP contribution in [0.4, 0.5) is 8.78 Å². The molecule has 0 saturated heterocycles. The molecular formula is C15H15F2N. The van der Waals surface area contributed by atoms with Gasteiger partial charge in [-0.15, -0.1) is 0 Å². The van der Waals surface area contributed by atoms with Gasteiger partial charge in [-0.05, 0) is 30.8 Å². The topological polar surface area (TPSA) is 3.24 Å². The minimum absolute atomic E-state index is 0.205. The molecule has 0 aliphatic heterocycles. The van der Waals surface area contributed by atoms with Crippen LogP contribution in [0.25, 0.3) is 0 Å². The third-order valence-corrected chi connectivity index (χ3v) is 2.74. The zero-order chi connectivity index (χ0) is 13.0. The Morgan fingerprint density at radius 1 is 0.944 bits per heavy atom. The summed E-state index contributed by atoms with van der Waals surface area (Å²) in [5, 5.41) is 0. The average molecular weight is 247 g/mol. The highest BCUT2D eigenvalue weighted by atomic mass is 19.1. The first-order valence-electron chi connectivity index (χ1n) is 5.81. The van der Waals surface area contributed by atoms with E-state index in [1.807, 2.05) is 24.1 Å². The lowest BCUT2D eigenvalue weighted by Crippen LogP contribution is -2.18. The summed E-state index contributed by atoms with van der Waals surface area (Å²) in [6.07, 6.45) is 0. The maximum absolute atomic E-state index is 13.5. The first-order chi connectivity index (χ1) is 8.65. The maximum atomic E-state index is 13.5. The van der Waals surface area contributed by atoms with Crippen molar-refractivity contribution >= 4 is 0 Å². The van der Waals surface area contributed by atoms with Crippen LogP contribution in [0.15, 0.2) is 48.5 Å². The molecule has 0 aliphatic rings. The van der Waals surface area contributed by atoms with Gasteiger partial charge < -0.3 is 0 Å². The molecule has 2 aromatic carbocycles. The second kappa shape index (κ2) is 5.74. The summed E-state index contributed by atoms with van der Waals surface area (Å²) >= 11 is 0. The van der Waals surface area contributed by atoms with Gasteiger partial charge in [0, 0.05) is 18.7 Å². The van der Waals surface area contributed by atoms with E-state index in [4.69, 9.17) is 0 Å². The molecule has 0 amide bonds. The van der Waals surface area contributed by atoms with Crippen LogP contribution in [0.3, 0.4) is 0 Å². The van der Waals surface area contributed by atoms with E-state index in [1.54, 1.807) is 18.2 Å². The number of rotatable bonds is 4. The SMILES string of the molecule is CN(Cc1cccc(F)c1)Cc1ccccc1F. The quantitative estimate of drug-likeness (QED) is 0.798. The highest BCUT2D eigenvalue weighted by Gasteiger charge is 2.06. The molecule has 2 aromatic rings. The van der Waals surface area contributed by atoms with Crippen molar-refractivity contribution in [1.29, 1.82) is 0 Å². The van der Waals surface area contributed by atoms with E-state index >= 15 is 0 Å². The lowest BCUT2D eigenvalue weighted by molar-refractivity contribution is 0.313. The summed E-state index contributed by atoms with van der Waals surface area (Å²) in [5.74, 6) is -0.449. The van der Waals surface area contributed by atoms with Gasteiger partial charge in [0.25, 0.3) is 0 Å². The van der Waals surface area contributed by atoms with Gasteiger partial charge in [0.1, 0.15) is 11.6 Å². The van der Waals surface area contributed by atoms with Crippen LogP contribution >= 0.6 is 0 Å². The van der Waals surface area contributed by atoms with E-state index in [1.165, 1.54) is 18.2 Å². The lowest BCUT2D eigenvalue weighted by atomic mass is 10.1. The highest BCUT2D eigenvalue weighted by Crippen LogP contribution is 2.12. The first-order valence-corrected chi connectivity index (χ1v) is 5.81. The van der Waals surface area contributed by atoms with E-state index in [-0.39, 0.29) is 11.6 Å². The standard InChI is InChI=1S/C15H15F2N/c1-18(10-12-5-4-7-14(16)9-12)11-13-6-2-3-8-15(13)17/h2-9H,10-11H2,1H3. The molecule has 0 radical (unpaired) electrons. The zero-order valence-corrected chi connectivity index (χ0v) is 10.2. The molecule has 94 valence electrons. The Hall–Kier alpha value is -1.74. The second-order valence-electron chi connectivity index (χ2n) is 4.39. The first kappa shape index (κ1) is 12.7. The van der Waals surface area contributed by atoms with Crippen molar-refractivity contribution in [3.63, 3.8) is 0 Å². The van der Waals surface area contributed by atoms with Crippen LogP contribution in [-0.2, 0) is 13.1 Å². The summed E-state index contributed by atoms with van der Waals surface area (Å²) < 4.78 is 26.5. The Labute approximate surface area is 106 Å². The molecular weight excluding hydrogens is 232 g/mol. The van der Waals surface area contributed by atoms with Crippen LogP contribution in [0.2, 0.25) is 0 Å². The van der Waals surface area contributed by atoms with E-state index in [0.29, 0.717) is 18.7 Å². The minimum atomic E-state index is -0.244. The van der Waals surface area contributed by atoms with Crippen LogP contribution in [0.5, 0.6) is 0 Å². The van der Waals surface area contributed by atoms with E-state index in [9.17, 15) is 8.78 Å². The molecule has 18 heavy (non-hydrogen) atoms. The monoisotopic (exact) mass is 247 g/mol. The summed E-state index contributed by atoms with van der Waals surface area (Å²) in [6.45, 7) is 1.09. The molecule has 0 fully saturated rings. The molecule has 0 atom stereocenters. The van der Waals surface area contributed by atoms with Crippen molar-refractivity contribution in [3.05, 3.63) is 71.3 Å². The number of nitrogens with zero attached hydrogens (tertiary/aromatic N) is 1. The minimum Gasteiger partial charge on any atom is -0.298 e. The largest absolute Gasteiger partial charge is 0.298 e. The Bertz CT molecular complexity index is 525. The van der Waals surface area contributed by atoms with Gasteiger partial charge in [-0.25, -0.2) is 8.78 Å². The summed E-state index contributed by atoms with van der Waals surface area (Å²) in [5.41, 5.74) is 1.53.